The fraction of sp³-hybridized carbons (Fsp3) is 0.360. The van der Waals surface area contributed by atoms with Crippen LogP contribution in [0.15, 0.2) is 48.2 Å². The van der Waals surface area contributed by atoms with Gasteiger partial charge < -0.3 is 23.8 Å². The zero-order chi connectivity index (χ0) is 24.0. The second-order valence-electron chi connectivity index (χ2n) is 7.50. The number of benzene rings is 2. The molecule has 0 fully saturated rings. The monoisotopic (exact) mass is 454 g/mol. The number of hydrogen-bond acceptors (Lipinski definition) is 7. The Bertz CT molecular complexity index is 1040. The maximum Gasteiger partial charge on any atom is 0.282 e. The van der Waals surface area contributed by atoms with Crippen molar-refractivity contribution in [2.45, 2.75) is 6.92 Å². The van der Waals surface area contributed by atoms with Gasteiger partial charge in [-0.05, 0) is 36.2 Å². The molecule has 33 heavy (non-hydrogen) atoms. The zero-order valence-corrected chi connectivity index (χ0v) is 19.7. The molecule has 0 radical (unpaired) electrons. The maximum absolute atomic E-state index is 13.8. The van der Waals surface area contributed by atoms with Gasteiger partial charge in [0, 0.05) is 27.3 Å². The lowest BCUT2D eigenvalue weighted by Crippen LogP contribution is -2.38. The summed E-state index contributed by atoms with van der Waals surface area (Å²) in [5.41, 5.74) is 2.56. The number of anilines is 1. The summed E-state index contributed by atoms with van der Waals surface area (Å²) in [5.74, 6) is 0.228. The number of rotatable bonds is 11. The quantitative estimate of drug-likeness (QED) is 0.483. The van der Waals surface area contributed by atoms with E-state index in [1.807, 2.05) is 30.0 Å². The van der Waals surface area contributed by atoms with Crippen LogP contribution < -0.4 is 14.4 Å². The molecule has 8 heteroatoms. The van der Waals surface area contributed by atoms with E-state index in [0.29, 0.717) is 60.3 Å². The Morgan fingerprint density at radius 2 is 1.45 bits per heavy atom. The van der Waals surface area contributed by atoms with E-state index in [4.69, 9.17) is 18.9 Å². The Labute approximate surface area is 194 Å². The third-order valence-corrected chi connectivity index (χ3v) is 5.53. The highest BCUT2D eigenvalue weighted by Gasteiger charge is 2.43. The molecule has 2 aromatic rings. The first kappa shape index (κ1) is 24.3. The molecule has 0 N–H and O–H groups in total. The molecule has 0 saturated heterocycles. The summed E-state index contributed by atoms with van der Waals surface area (Å²) < 4.78 is 21.3. The van der Waals surface area contributed by atoms with Crippen molar-refractivity contribution in [3.8, 4) is 11.5 Å². The predicted octanol–water partition coefficient (Wildman–Crippen LogP) is 2.89. The van der Waals surface area contributed by atoms with Gasteiger partial charge in [-0.2, -0.15) is 0 Å². The number of carbonyl (C=O) groups is 2. The van der Waals surface area contributed by atoms with Crippen molar-refractivity contribution in [2.75, 3.05) is 59.6 Å². The standard InChI is InChI=1S/C25H30N2O6/c1-17-8-6-7-9-19(17)27-24(28)22(18-10-11-20(32-4)21(16-18)33-5)23(25(27)29)26(12-14-30-2)13-15-31-3/h6-11,16H,12-15H2,1-5H3. The molecule has 0 unspecified atom stereocenters. The lowest BCUT2D eigenvalue weighted by molar-refractivity contribution is -0.120. The number of nitrogens with zero attached hydrogens (tertiary/aromatic N) is 2. The molecule has 2 aromatic carbocycles. The van der Waals surface area contributed by atoms with Crippen LogP contribution in [-0.2, 0) is 19.1 Å². The topological polar surface area (TPSA) is 77.5 Å². The number of carbonyl (C=O) groups excluding carboxylic acids is 2. The van der Waals surface area contributed by atoms with Gasteiger partial charge >= 0.3 is 0 Å². The fourth-order valence-electron chi connectivity index (χ4n) is 3.83. The van der Waals surface area contributed by atoms with Gasteiger partial charge in [0.05, 0.1) is 38.7 Å². The SMILES string of the molecule is COCCN(CCOC)C1=C(c2ccc(OC)c(OC)c2)C(=O)N(c2ccccc2C)C1=O. The normalized spacial score (nSPS) is 13.7. The van der Waals surface area contributed by atoms with E-state index in [0.717, 1.165) is 5.56 Å². The first-order chi connectivity index (χ1) is 16.0. The Balaban J connectivity index is 2.19. The molecule has 3 rings (SSSR count). The Morgan fingerprint density at radius 3 is 2.03 bits per heavy atom. The lowest BCUT2D eigenvalue weighted by Gasteiger charge is -2.26. The highest BCUT2D eigenvalue weighted by molar-refractivity contribution is 6.45. The predicted molar refractivity (Wildman–Crippen MR) is 125 cm³/mol. The maximum atomic E-state index is 13.8. The molecular weight excluding hydrogens is 424 g/mol. The second-order valence-corrected chi connectivity index (χ2v) is 7.50. The Kier molecular flexibility index (Phi) is 8.08. The second kappa shape index (κ2) is 11.0. The summed E-state index contributed by atoms with van der Waals surface area (Å²) >= 11 is 0. The molecule has 0 aromatic heterocycles. The molecule has 0 atom stereocenters. The summed E-state index contributed by atoms with van der Waals surface area (Å²) in [6.07, 6.45) is 0. The third-order valence-electron chi connectivity index (χ3n) is 5.53. The molecule has 2 amide bonds. The first-order valence-electron chi connectivity index (χ1n) is 10.6. The van der Waals surface area contributed by atoms with Crippen LogP contribution in [0.5, 0.6) is 11.5 Å². The van der Waals surface area contributed by atoms with Gasteiger partial charge in [-0.3, -0.25) is 9.59 Å². The van der Waals surface area contributed by atoms with Crippen LogP contribution in [0, 0.1) is 6.92 Å². The number of amides is 2. The van der Waals surface area contributed by atoms with Crippen LogP contribution in [0.25, 0.3) is 5.57 Å². The van der Waals surface area contributed by atoms with E-state index in [9.17, 15) is 9.59 Å². The number of methoxy groups -OCH3 is 4. The summed E-state index contributed by atoms with van der Waals surface area (Å²) in [7, 11) is 6.27. The van der Waals surface area contributed by atoms with E-state index in [1.54, 1.807) is 45.6 Å². The minimum atomic E-state index is -0.392. The Hall–Kier alpha value is -3.36. The van der Waals surface area contributed by atoms with E-state index < -0.39 is 5.91 Å². The molecule has 0 spiro atoms. The highest BCUT2D eigenvalue weighted by Crippen LogP contribution is 2.38. The van der Waals surface area contributed by atoms with Crippen LogP contribution in [0.2, 0.25) is 0 Å². The lowest BCUT2D eigenvalue weighted by atomic mass is 10.0. The van der Waals surface area contributed by atoms with E-state index in [2.05, 4.69) is 0 Å². The van der Waals surface area contributed by atoms with Crippen LogP contribution in [0.3, 0.4) is 0 Å². The van der Waals surface area contributed by atoms with E-state index in [-0.39, 0.29) is 5.91 Å². The number of hydrogen-bond donors (Lipinski definition) is 0. The first-order valence-corrected chi connectivity index (χ1v) is 10.6. The van der Waals surface area contributed by atoms with Crippen molar-refractivity contribution in [3.63, 3.8) is 0 Å². The van der Waals surface area contributed by atoms with Crippen molar-refractivity contribution in [1.82, 2.24) is 4.90 Å². The van der Waals surface area contributed by atoms with Crippen molar-refractivity contribution in [3.05, 3.63) is 59.3 Å². The van der Waals surface area contributed by atoms with Gasteiger partial charge in [-0.25, -0.2) is 4.90 Å². The third kappa shape index (κ3) is 4.86. The van der Waals surface area contributed by atoms with E-state index >= 15 is 0 Å². The molecule has 1 aliphatic heterocycles. The van der Waals surface area contributed by atoms with Gasteiger partial charge in [-0.1, -0.05) is 24.3 Å². The fourth-order valence-corrected chi connectivity index (χ4v) is 3.83. The average molecular weight is 455 g/mol. The van der Waals surface area contributed by atoms with Gasteiger partial charge in [0.15, 0.2) is 11.5 Å². The molecule has 176 valence electrons. The van der Waals surface area contributed by atoms with Crippen LogP contribution in [0.4, 0.5) is 5.69 Å². The number of ether oxygens (including phenoxy) is 4. The van der Waals surface area contributed by atoms with Crippen molar-refractivity contribution < 1.29 is 28.5 Å². The number of para-hydroxylation sites is 1. The molecule has 0 saturated carbocycles. The molecule has 0 aliphatic carbocycles. The van der Waals surface area contributed by atoms with Gasteiger partial charge in [-0.15, -0.1) is 0 Å². The minimum Gasteiger partial charge on any atom is -0.493 e. The van der Waals surface area contributed by atoms with Crippen LogP contribution in [-0.4, -0.2) is 71.5 Å². The smallest absolute Gasteiger partial charge is 0.282 e. The zero-order valence-electron chi connectivity index (χ0n) is 19.7. The van der Waals surface area contributed by atoms with Gasteiger partial charge in [0.2, 0.25) is 0 Å². The molecule has 1 aliphatic rings. The van der Waals surface area contributed by atoms with Gasteiger partial charge in [0.25, 0.3) is 11.8 Å². The minimum absolute atomic E-state index is 0.302. The molecular formula is C25H30N2O6. The molecule has 8 nitrogen and oxygen atoms in total. The largest absolute Gasteiger partial charge is 0.493 e. The Morgan fingerprint density at radius 1 is 0.818 bits per heavy atom. The van der Waals surface area contributed by atoms with Crippen LogP contribution in [0.1, 0.15) is 11.1 Å². The average Bonchev–Trinajstić information content (AvgIpc) is 3.09. The number of aryl methyl sites for hydroxylation is 1. The molecule has 0 bridgehead atoms. The van der Waals surface area contributed by atoms with Crippen LogP contribution >= 0.6 is 0 Å². The summed E-state index contributed by atoms with van der Waals surface area (Å²) in [6.45, 7) is 3.49. The van der Waals surface area contributed by atoms with Crippen molar-refractivity contribution in [2.24, 2.45) is 0 Å². The van der Waals surface area contributed by atoms with Crippen molar-refractivity contribution in [1.29, 1.82) is 0 Å². The van der Waals surface area contributed by atoms with Gasteiger partial charge in [0.1, 0.15) is 5.70 Å². The summed E-state index contributed by atoms with van der Waals surface area (Å²) in [6, 6.07) is 12.5. The summed E-state index contributed by atoms with van der Waals surface area (Å²) in [4.78, 5) is 30.6. The molecule has 1 heterocycles. The highest BCUT2D eigenvalue weighted by atomic mass is 16.5. The van der Waals surface area contributed by atoms with E-state index in [1.165, 1.54) is 12.0 Å². The van der Waals surface area contributed by atoms with Crippen molar-refractivity contribution >= 4 is 23.1 Å². The number of imide groups is 1. The summed E-state index contributed by atoms with van der Waals surface area (Å²) in [5, 5.41) is 0.